The number of nitrogens with one attached hydrogen (secondary N) is 1. The van der Waals surface area contributed by atoms with Crippen molar-refractivity contribution < 1.29 is 18.3 Å². The first-order valence-electron chi connectivity index (χ1n) is 5.38. The average molecular weight is 248 g/mol. The molecular weight excluding hydrogens is 232 g/mol. The molecule has 0 aromatic carbocycles. The summed E-state index contributed by atoms with van der Waals surface area (Å²) in [7, 11) is -2.97. The van der Waals surface area contributed by atoms with E-state index >= 15 is 0 Å². The van der Waals surface area contributed by atoms with E-state index in [1.165, 1.54) is 0 Å². The second-order valence-corrected chi connectivity index (χ2v) is 6.51. The van der Waals surface area contributed by atoms with Crippen LogP contribution >= 0.6 is 0 Å². The van der Waals surface area contributed by atoms with Crippen molar-refractivity contribution in [2.45, 2.75) is 18.5 Å². The number of aliphatic hydroxyl groups excluding tert-OH is 1. The summed E-state index contributed by atoms with van der Waals surface area (Å²) in [5.41, 5.74) is 0. The molecule has 2 atom stereocenters. The van der Waals surface area contributed by atoms with Crippen LogP contribution < -0.4 is 5.32 Å². The number of amides is 1. The van der Waals surface area contributed by atoms with Crippen LogP contribution in [0.15, 0.2) is 0 Å². The molecular formula is C9H16N2O4S. The Bertz CT molecular complexity index is 381. The predicted molar refractivity (Wildman–Crippen MR) is 57.6 cm³/mol. The minimum Gasteiger partial charge on any atom is -0.394 e. The molecule has 0 aromatic rings. The van der Waals surface area contributed by atoms with Gasteiger partial charge < -0.3 is 15.3 Å². The zero-order chi connectivity index (χ0) is 11.8. The maximum absolute atomic E-state index is 11.9. The molecule has 2 saturated heterocycles. The fourth-order valence-corrected chi connectivity index (χ4v) is 4.01. The van der Waals surface area contributed by atoms with Crippen molar-refractivity contribution in [1.82, 2.24) is 10.2 Å². The first-order valence-corrected chi connectivity index (χ1v) is 7.21. The van der Waals surface area contributed by atoms with E-state index in [2.05, 4.69) is 5.32 Å². The third kappa shape index (κ3) is 2.21. The second-order valence-electron chi connectivity index (χ2n) is 4.28. The SMILES string of the molecule is O=C1C(CO)NCCN1C1CCS(=O)(=O)C1. The van der Waals surface area contributed by atoms with E-state index in [1.807, 2.05) is 0 Å². The number of hydrogen-bond acceptors (Lipinski definition) is 5. The summed E-state index contributed by atoms with van der Waals surface area (Å²) in [6.07, 6.45) is 0.520. The highest BCUT2D eigenvalue weighted by Gasteiger charge is 2.38. The topological polar surface area (TPSA) is 86.7 Å². The standard InChI is InChI=1S/C9H16N2O4S/c12-5-8-9(13)11(3-2-10-8)7-1-4-16(14,15)6-7/h7-8,10,12H,1-6H2. The molecule has 2 N–H and O–H groups in total. The molecule has 2 heterocycles. The summed E-state index contributed by atoms with van der Waals surface area (Å²) in [6, 6.07) is -0.772. The van der Waals surface area contributed by atoms with Crippen LogP contribution in [0.5, 0.6) is 0 Å². The molecule has 7 heteroatoms. The number of sulfone groups is 1. The average Bonchev–Trinajstić information content (AvgIpc) is 2.59. The Labute approximate surface area is 94.5 Å². The molecule has 0 aliphatic carbocycles. The van der Waals surface area contributed by atoms with Gasteiger partial charge in [-0.1, -0.05) is 0 Å². The fraction of sp³-hybridized carbons (Fsp3) is 0.889. The van der Waals surface area contributed by atoms with Gasteiger partial charge >= 0.3 is 0 Å². The normalized spacial score (nSPS) is 34.3. The molecule has 2 aliphatic rings. The van der Waals surface area contributed by atoms with E-state index in [1.54, 1.807) is 4.90 Å². The summed E-state index contributed by atoms with van der Waals surface area (Å²) in [5.74, 6) is 0.0473. The van der Waals surface area contributed by atoms with Gasteiger partial charge in [-0.2, -0.15) is 0 Å². The highest BCUT2D eigenvalue weighted by molar-refractivity contribution is 7.91. The molecule has 2 unspecified atom stereocenters. The van der Waals surface area contributed by atoms with Crippen molar-refractivity contribution in [3.8, 4) is 0 Å². The number of aliphatic hydroxyl groups is 1. The first kappa shape index (κ1) is 11.8. The Balaban J connectivity index is 2.07. The summed E-state index contributed by atoms with van der Waals surface area (Å²) in [4.78, 5) is 13.5. The number of rotatable bonds is 2. The predicted octanol–water partition coefficient (Wildman–Crippen LogP) is -2.03. The van der Waals surface area contributed by atoms with Gasteiger partial charge in [0.2, 0.25) is 5.91 Å². The molecule has 16 heavy (non-hydrogen) atoms. The number of piperazine rings is 1. The molecule has 0 aromatic heterocycles. The van der Waals surface area contributed by atoms with Gasteiger partial charge in [-0.25, -0.2) is 8.42 Å². The number of carbonyl (C=O) groups is 1. The lowest BCUT2D eigenvalue weighted by Gasteiger charge is -2.36. The van der Waals surface area contributed by atoms with Crippen LogP contribution in [-0.2, 0) is 14.6 Å². The van der Waals surface area contributed by atoms with Crippen molar-refractivity contribution in [2.24, 2.45) is 0 Å². The van der Waals surface area contributed by atoms with Gasteiger partial charge in [0.15, 0.2) is 9.84 Å². The molecule has 2 fully saturated rings. The van der Waals surface area contributed by atoms with Crippen LogP contribution in [0.1, 0.15) is 6.42 Å². The van der Waals surface area contributed by atoms with Crippen molar-refractivity contribution in [1.29, 1.82) is 0 Å². The van der Waals surface area contributed by atoms with Crippen LogP contribution in [0.2, 0.25) is 0 Å². The maximum atomic E-state index is 11.9. The highest BCUT2D eigenvalue weighted by Crippen LogP contribution is 2.19. The molecule has 2 rings (SSSR count). The second kappa shape index (κ2) is 4.31. The number of carbonyl (C=O) groups excluding carboxylic acids is 1. The lowest BCUT2D eigenvalue weighted by atomic mass is 10.1. The van der Waals surface area contributed by atoms with E-state index in [0.717, 1.165) is 0 Å². The van der Waals surface area contributed by atoms with Gasteiger partial charge in [0.1, 0.15) is 6.04 Å². The summed E-state index contributed by atoms with van der Waals surface area (Å²) in [6.45, 7) is 0.887. The molecule has 6 nitrogen and oxygen atoms in total. The third-order valence-electron chi connectivity index (χ3n) is 3.16. The molecule has 0 spiro atoms. The van der Waals surface area contributed by atoms with Gasteiger partial charge in [0.05, 0.1) is 18.1 Å². The Hall–Kier alpha value is -0.660. The zero-order valence-corrected chi connectivity index (χ0v) is 9.74. The lowest BCUT2D eigenvalue weighted by Crippen LogP contribution is -2.59. The quantitative estimate of drug-likeness (QED) is 0.588. The van der Waals surface area contributed by atoms with Gasteiger partial charge in [-0.3, -0.25) is 4.79 Å². The molecule has 92 valence electrons. The smallest absolute Gasteiger partial charge is 0.242 e. The van der Waals surface area contributed by atoms with Gasteiger partial charge in [-0.15, -0.1) is 0 Å². The van der Waals surface area contributed by atoms with Crippen LogP contribution in [0.25, 0.3) is 0 Å². The Morgan fingerprint density at radius 2 is 2.25 bits per heavy atom. The summed E-state index contributed by atoms with van der Waals surface area (Å²) >= 11 is 0. The Morgan fingerprint density at radius 1 is 1.50 bits per heavy atom. The Morgan fingerprint density at radius 3 is 2.81 bits per heavy atom. The largest absolute Gasteiger partial charge is 0.394 e. The van der Waals surface area contributed by atoms with Crippen LogP contribution in [0.3, 0.4) is 0 Å². The number of hydrogen-bond donors (Lipinski definition) is 2. The van der Waals surface area contributed by atoms with Crippen molar-refractivity contribution in [2.75, 3.05) is 31.2 Å². The van der Waals surface area contributed by atoms with Gasteiger partial charge in [0.25, 0.3) is 0 Å². The minimum atomic E-state index is -2.97. The van der Waals surface area contributed by atoms with E-state index in [-0.39, 0.29) is 30.1 Å². The van der Waals surface area contributed by atoms with E-state index in [0.29, 0.717) is 19.5 Å². The Kier molecular flexibility index (Phi) is 3.18. The lowest BCUT2D eigenvalue weighted by molar-refractivity contribution is -0.138. The monoisotopic (exact) mass is 248 g/mol. The maximum Gasteiger partial charge on any atom is 0.242 e. The van der Waals surface area contributed by atoms with Gasteiger partial charge in [0, 0.05) is 19.1 Å². The van der Waals surface area contributed by atoms with E-state index in [4.69, 9.17) is 5.11 Å². The van der Waals surface area contributed by atoms with Crippen LogP contribution in [-0.4, -0.2) is 67.6 Å². The van der Waals surface area contributed by atoms with Crippen LogP contribution in [0, 0.1) is 0 Å². The van der Waals surface area contributed by atoms with Crippen LogP contribution in [0.4, 0.5) is 0 Å². The third-order valence-corrected chi connectivity index (χ3v) is 4.91. The van der Waals surface area contributed by atoms with Gasteiger partial charge in [-0.05, 0) is 6.42 Å². The summed E-state index contributed by atoms with van der Waals surface area (Å²) < 4.78 is 22.7. The molecule has 0 bridgehead atoms. The molecule has 0 radical (unpaired) electrons. The first-order chi connectivity index (χ1) is 7.53. The summed E-state index contributed by atoms with van der Waals surface area (Å²) in [5, 5.41) is 11.9. The number of nitrogens with zero attached hydrogens (tertiary/aromatic N) is 1. The van der Waals surface area contributed by atoms with E-state index in [9.17, 15) is 13.2 Å². The van der Waals surface area contributed by atoms with Crippen molar-refractivity contribution in [3.05, 3.63) is 0 Å². The fourth-order valence-electron chi connectivity index (χ4n) is 2.28. The minimum absolute atomic E-state index is 0.0664. The highest BCUT2D eigenvalue weighted by atomic mass is 32.2. The molecule has 2 aliphatic heterocycles. The van der Waals surface area contributed by atoms with E-state index < -0.39 is 15.9 Å². The molecule has 1 amide bonds. The van der Waals surface area contributed by atoms with Crippen molar-refractivity contribution >= 4 is 15.7 Å². The molecule has 0 saturated carbocycles. The van der Waals surface area contributed by atoms with Crippen molar-refractivity contribution in [3.63, 3.8) is 0 Å². The zero-order valence-electron chi connectivity index (χ0n) is 8.92.